The fourth-order valence-corrected chi connectivity index (χ4v) is 2.39. The molecular formula is C13H11ClF12N2O2. The summed E-state index contributed by atoms with van der Waals surface area (Å²) in [5.74, 6) is -37.3. The van der Waals surface area contributed by atoms with Gasteiger partial charge in [0.25, 0.3) is 5.91 Å². The lowest BCUT2D eigenvalue weighted by Gasteiger charge is -2.39. The third kappa shape index (κ3) is 3.43. The lowest BCUT2D eigenvalue weighted by molar-refractivity contribution is -0.413. The number of halogens is 13. The Kier molecular flexibility index (Phi) is 6.36. The van der Waals surface area contributed by atoms with Crippen molar-refractivity contribution in [2.45, 2.75) is 61.8 Å². The van der Waals surface area contributed by atoms with Crippen molar-refractivity contribution in [3.05, 3.63) is 0 Å². The van der Waals surface area contributed by atoms with Gasteiger partial charge in [-0.05, 0) is 13.8 Å². The summed E-state index contributed by atoms with van der Waals surface area (Å²) in [7, 11) is 0. The maximum atomic E-state index is 13.7. The number of urea groups is 1. The van der Waals surface area contributed by atoms with Gasteiger partial charge in [-0.1, -0.05) is 0 Å². The molecule has 176 valence electrons. The minimum absolute atomic E-state index is 0.150. The first-order valence-corrected chi connectivity index (χ1v) is 7.84. The van der Waals surface area contributed by atoms with Crippen molar-refractivity contribution in [2.75, 3.05) is 6.54 Å². The Morgan fingerprint density at radius 3 is 1.63 bits per heavy atom. The van der Waals surface area contributed by atoms with Crippen LogP contribution >= 0.6 is 11.8 Å². The SMILES string of the molecule is CC1(C)C(=O)N(CCC(F)(F)C(F)(F)C(F)(F)C(F)(F)C(F)(F)C(F)F)C(=O)N1Cl. The quantitative estimate of drug-likeness (QED) is 0.273. The second-order valence-electron chi connectivity index (χ2n) is 6.68. The monoisotopic (exact) mass is 490 g/mol. The van der Waals surface area contributed by atoms with E-state index in [9.17, 15) is 62.3 Å². The molecule has 0 aromatic carbocycles. The molecule has 30 heavy (non-hydrogen) atoms. The molecule has 0 saturated carbocycles. The highest BCUT2D eigenvalue weighted by molar-refractivity contribution is 6.27. The van der Waals surface area contributed by atoms with Crippen molar-refractivity contribution in [3.63, 3.8) is 0 Å². The van der Waals surface area contributed by atoms with Gasteiger partial charge in [-0.25, -0.2) is 18.0 Å². The summed E-state index contributed by atoms with van der Waals surface area (Å²) in [5.41, 5.74) is -1.88. The fraction of sp³-hybridized carbons (Fsp3) is 0.846. The predicted molar refractivity (Wildman–Crippen MR) is 74.2 cm³/mol. The maximum absolute atomic E-state index is 13.7. The standard InChI is InChI=1S/C13H11ClF12N2O2/c1-8(2)6(29)27(7(30)28(8)14)4-3-9(17,18)11(21,22)13(25,26)12(23,24)10(19,20)5(15)16/h5H,3-4H2,1-2H3. The van der Waals surface area contributed by atoms with E-state index in [0.717, 1.165) is 13.8 Å². The number of carbonyl (C=O) groups is 2. The molecule has 0 aliphatic carbocycles. The molecule has 0 aromatic heterocycles. The first-order chi connectivity index (χ1) is 13.0. The maximum Gasteiger partial charge on any atom is 0.384 e. The summed E-state index contributed by atoms with van der Waals surface area (Å²) < 4.78 is 157. The minimum atomic E-state index is -7.67. The molecule has 3 amide bonds. The number of carbonyl (C=O) groups excluding carboxylic acids is 2. The Hall–Kier alpha value is -1.61. The highest BCUT2D eigenvalue weighted by atomic mass is 35.5. The molecule has 0 atom stereocenters. The Bertz CT molecular complexity index is 712. The van der Waals surface area contributed by atoms with E-state index in [4.69, 9.17) is 11.8 Å². The summed E-state index contributed by atoms with van der Waals surface area (Å²) in [5, 5.41) is 0. The topological polar surface area (TPSA) is 40.6 Å². The third-order valence-corrected chi connectivity index (χ3v) is 4.82. The second kappa shape index (κ2) is 7.22. The van der Waals surface area contributed by atoms with Gasteiger partial charge in [-0.3, -0.25) is 9.69 Å². The Morgan fingerprint density at radius 1 is 0.867 bits per heavy atom. The van der Waals surface area contributed by atoms with Crippen LogP contribution in [-0.4, -0.2) is 69.4 Å². The molecule has 1 heterocycles. The normalized spacial score (nSPS) is 19.3. The van der Waals surface area contributed by atoms with E-state index in [1.165, 1.54) is 0 Å². The highest BCUT2D eigenvalue weighted by Gasteiger charge is 2.87. The first kappa shape index (κ1) is 26.4. The van der Waals surface area contributed by atoms with Gasteiger partial charge < -0.3 is 0 Å². The van der Waals surface area contributed by atoms with Crippen LogP contribution in [-0.2, 0) is 4.79 Å². The number of imide groups is 1. The molecule has 17 heteroatoms. The van der Waals surface area contributed by atoms with Gasteiger partial charge in [0, 0.05) is 24.7 Å². The van der Waals surface area contributed by atoms with Crippen LogP contribution in [0.4, 0.5) is 57.5 Å². The van der Waals surface area contributed by atoms with Crippen molar-refractivity contribution in [1.29, 1.82) is 0 Å². The van der Waals surface area contributed by atoms with Crippen LogP contribution in [0.5, 0.6) is 0 Å². The van der Waals surface area contributed by atoms with Crippen molar-refractivity contribution in [2.24, 2.45) is 0 Å². The van der Waals surface area contributed by atoms with E-state index in [-0.39, 0.29) is 9.32 Å². The molecule has 1 fully saturated rings. The van der Waals surface area contributed by atoms with Gasteiger partial charge in [0.05, 0.1) is 0 Å². The molecule has 0 bridgehead atoms. The zero-order valence-corrected chi connectivity index (χ0v) is 15.4. The van der Waals surface area contributed by atoms with Crippen LogP contribution < -0.4 is 0 Å². The molecule has 4 nitrogen and oxygen atoms in total. The third-order valence-electron chi connectivity index (χ3n) is 4.25. The molecule has 0 unspecified atom stereocenters. The van der Waals surface area contributed by atoms with Crippen LogP contribution in [0.1, 0.15) is 20.3 Å². The summed E-state index contributed by atoms with van der Waals surface area (Å²) >= 11 is 5.41. The Morgan fingerprint density at radius 2 is 1.30 bits per heavy atom. The first-order valence-electron chi connectivity index (χ1n) is 7.51. The van der Waals surface area contributed by atoms with E-state index in [1.54, 1.807) is 0 Å². The van der Waals surface area contributed by atoms with Crippen molar-refractivity contribution in [1.82, 2.24) is 9.32 Å². The van der Waals surface area contributed by atoms with Crippen LogP contribution in [0.2, 0.25) is 0 Å². The zero-order chi connectivity index (χ0) is 24.3. The van der Waals surface area contributed by atoms with Crippen LogP contribution in [0.3, 0.4) is 0 Å². The van der Waals surface area contributed by atoms with Crippen LogP contribution in [0.25, 0.3) is 0 Å². The van der Waals surface area contributed by atoms with E-state index in [2.05, 4.69) is 0 Å². The predicted octanol–water partition coefficient (Wildman–Crippen LogP) is 5.01. The molecule has 1 aliphatic rings. The zero-order valence-electron chi connectivity index (χ0n) is 14.6. The van der Waals surface area contributed by atoms with Gasteiger partial charge in [0.2, 0.25) is 0 Å². The number of alkyl halides is 12. The fourth-order valence-electron chi connectivity index (χ4n) is 2.23. The average molecular weight is 491 g/mol. The molecular weight excluding hydrogens is 480 g/mol. The van der Waals surface area contributed by atoms with E-state index >= 15 is 0 Å². The van der Waals surface area contributed by atoms with Crippen molar-refractivity contribution < 1.29 is 62.3 Å². The van der Waals surface area contributed by atoms with Crippen LogP contribution in [0, 0.1) is 0 Å². The summed E-state index contributed by atoms with van der Waals surface area (Å²) in [4.78, 5) is 23.4. The number of hydrogen-bond donors (Lipinski definition) is 0. The molecule has 0 radical (unpaired) electrons. The van der Waals surface area contributed by atoms with Crippen molar-refractivity contribution >= 4 is 23.7 Å². The molecule has 0 spiro atoms. The second-order valence-corrected chi connectivity index (χ2v) is 7.02. The number of hydrogen-bond acceptors (Lipinski definition) is 2. The summed E-state index contributed by atoms with van der Waals surface area (Å²) in [6, 6.07) is -1.55. The lowest BCUT2D eigenvalue weighted by atomic mass is 9.93. The van der Waals surface area contributed by atoms with E-state index in [1.807, 2.05) is 0 Å². The van der Waals surface area contributed by atoms with Gasteiger partial charge >= 0.3 is 42.1 Å². The van der Waals surface area contributed by atoms with E-state index in [0.29, 0.717) is 0 Å². The molecule has 0 N–H and O–H groups in total. The minimum Gasteiger partial charge on any atom is -0.272 e. The van der Waals surface area contributed by atoms with Gasteiger partial charge in [0.15, 0.2) is 0 Å². The number of amides is 3. The van der Waals surface area contributed by atoms with Gasteiger partial charge in [-0.15, -0.1) is 0 Å². The average Bonchev–Trinajstić information content (AvgIpc) is 2.72. The van der Waals surface area contributed by atoms with Gasteiger partial charge in [-0.2, -0.15) is 43.9 Å². The smallest absolute Gasteiger partial charge is 0.272 e. The van der Waals surface area contributed by atoms with Crippen molar-refractivity contribution in [3.8, 4) is 0 Å². The highest BCUT2D eigenvalue weighted by Crippen LogP contribution is 2.58. The summed E-state index contributed by atoms with van der Waals surface area (Å²) in [6.45, 7) is 0.196. The number of nitrogens with zero attached hydrogens (tertiary/aromatic N) is 2. The van der Waals surface area contributed by atoms with Crippen LogP contribution in [0.15, 0.2) is 0 Å². The number of rotatable bonds is 8. The van der Waals surface area contributed by atoms with E-state index < -0.39 is 66.5 Å². The molecule has 0 aromatic rings. The summed E-state index contributed by atoms with van der Waals surface area (Å²) in [6.07, 6.45) is -8.20. The Balaban J connectivity index is 3.22. The molecule has 1 saturated heterocycles. The largest absolute Gasteiger partial charge is 0.384 e. The lowest BCUT2D eigenvalue weighted by Crippen LogP contribution is -2.68. The Labute approximate surface area is 164 Å². The molecule has 1 aliphatic heterocycles. The van der Waals surface area contributed by atoms with Gasteiger partial charge in [0.1, 0.15) is 5.54 Å². The molecule has 1 rings (SSSR count).